The summed E-state index contributed by atoms with van der Waals surface area (Å²) >= 11 is 0. The third-order valence-electron chi connectivity index (χ3n) is 5.72. The average molecular weight is 460 g/mol. The number of alkyl halides is 3. The van der Waals surface area contributed by atoms with Gasteiger partial charge >= 0.3 is 6.18 Å². The molecule has 3 N–H and O–H groups in total. The van der Waals surface area contributed by atoms with Crippen molar-refractivity contribution in [2.75, 3.05) is 5.32 Å². The summed E-state index contributed by atoms with van der Waals surface area (Å²) in [6.07, 6.45) is 1.64. The number of aromatic nitrogens is 2. The molecule has 0 saturated carbocycles. The van der Waals surface area contributed by atoms with Crippen molar-refractivity contribution in [3.05, 3.63) is 71.4 Å². The van der Waals surface area contributed by atoms with E-state index in [0.29, 0.717) is 28.8 Å². The monoisotopic (exact) mass is 460 g/mol. The summed E-state index contributed by atoms with van der Waals surface area (Å²) in [6.45, 7) is 1.75. The highest BCUT2D eigenvalue weighted by Crippen LogP contribution is 2.35. The van der Waals surface area contributed by atoms with E-state index in [-0.39, 0.29) is 29.8 Å². The minimum atomic E-state index is -4.55. The van der Waals surface area contributed by atoms with Crippen molar-refractivity contribution in [2.45, 2.75) is 25.9 Å². The molecule has 2 aliphatic rings. The van der Waals surface area contributed by atoms with Crippen LogP contribution in [0.5, 0.6) is 0 Å². The van der Waals surface area contributed by atoms with Crippen molar-refractivity contribution in [1.29, 1.82) is 0 Å². The van der Waals surface area contributed by atoms with Crippen LogP contribution in [-0.2, 0) is 15.8 Å². The van der Waals surface area contributed by atoms with Crippen LogP contribution in [0, 0.1) is 18.8 Å². The van der Waals surface area contributed by atoms with Gasteiger partial charge in [-0.3, -0.25) is 14.7 Å². The van der Waals surface area contributed by atoms with E-state index in [4.69, 9.17) is 0 Å². The van der Waals surface area contributed by atoms with Gasteiger partial charge in [-0.15, -0.1) is 0 Å². The molecule has 2 aromatic rings. The van der Waals surface area contributed by atoms with E-state index in [2.05, 4.69) is 15.7 Å². The maximum absolute atomic E-state index is 13.4. The van der Waals surface area contributed by atoms with E-state index in [1.54, 1.807) is 31.2 Å². The van der Waals surface area contributed by atoms with Crippen molar-refractivity contribution in [2.24, 2.45) is 11.8 Å². The van der Waals surface area contributed by atoms with Gasteiger partial charge in [0.25, 0.3) is 5.91 Å². The molecule has 10 heteroatoms. The first-order chi connectivity index (χ1) is 15.6. The number of hydrogen-bond donors (Lipinski definition) is 3. The Labute approximate surface area is 186 Å². The van der Waals surface area contributed by atoms with Crippen molar-refractivity contribution in [1.82, 2.24) is 15.5 Å². The second-order valence-electron chi connectivity index (χ2n) is 7.97. The number of aryl methyl sites for hydroxylation is 1. The second kappa shape index (κ2) is 8.68. The van der Waals surface area contributed by atoms with Crippen LogP contribution in [0.4, 0.5) is 23.2 Å². The SMILES string of the molecule is Cc1ccc(-c2cc(C(F)(F)F)[nH]n2)cc1NC(=O)C1=CNC(=O)C[C@H]1C1C=CC(F)=CC1. The fourth-order valence-electron chi connectivity index (χ4n) is 3.88. The second-order valence-corrected chi connectivity index (χ2v) is 7.97. The van der Waals surface area contributed by atoms with Gasteiger partial charge in [0.1, 0.15) is 11.5 Å². The molecule has 33 heavy (non-hydrogen) atoms. The largest absolute Gasteiger partial charge is 0.432 e. The molecule has 4 rings (SSSR count). The van der Waals surface area contributed by atoms with E-state index in [9.17, 15) is 27.2 Å². The zero-order valence-corrected chi connectivity index (χ0v) is 17.5. The minimum absolute atomic E-state index is 0.0796. The number of carbonyl (C=O) groups excluding carboxylic acids is 2. The van der Waals surface area contributed by atoms with Crippen LogP contribution in [0.2, 0.25) is 0 Å². The number of amides is 2. The highest BCUT2D eigenvalue weighted by molar-refractivity contribution is 6.06. The number of H-pyrrole nitrogens is 1. The Balaban J connectivity index is 1.57. The summed E-state index contributed by atoms with van der Waals surface area (Å²) in [5.41, 5.74) is 0.931. The number of aromatic amines is 1. The molecule has 1 aliphatic heterocycles. The molecule has 6 nitrogen and oxygen atoms in total. The van der Waals surface area contributed by atoms with Crippen LogP contribution in [0.15, 0.2) is 60.1 Å². The zero-order valence-electron chi connectivity index (χ0n) is 17.5. The van der Waals surface area contributed by atoms with E-state index in [0.717, 1.165) is 6.07 Å². The lowest BCUT2D eigenvalue weighted by molar-refractivity contribution is -0.141. The smallest absolute Gasteiger partial charge is 0.332 e. The van der Waals surface area contributed by atoms with Crippen LogP contribution in [-0.4, -0.2) is 22.0 Å². The highest BCUT2D eigenvalue weighted by atomic mass is 19.4. The van der Waals surface area contributed by atoms with Crippen molar-refractivity contribution in [3.63, 3.8) is 0 Å². The highest BCUT2D eigenvalue weighted by Gasteiger charge is 2.34. The molecular weight excluding hydrogens is 440 g/mol. The Morgan fingerprint density at radius 2 is 2.03 bits per heavy atom. The summed E-state index contributed by atoms with van der Waals surface area (Å²) < 4.78 is 52.0. The molecule has 0 radical (unpaired) electrons. The van der Waals surface area contributed by atoms with Gasteiger partial charge in [-0.2, -0.15) is 18.3 Å². The summed E-state index contributed by atoms with van der Waals surface area (Å²) in [4.78, 5) is 25.1. The summed E-state index contributed by atoms with van der Waals surface area (Å²) in [5, 5.41) is 11.0. The lowest BCUT2D eigenvalue weighted by Crippen LogP contribution is -2.36. The van der Waals surface area contributed by atoms with Crippen molar-refractivity contribution < 1.29 is 27.2 Å². The van der Waals surface area contributed by atoms with Crippen LogP contribution in [0.1, 0.15) is 24.1 Å². The van der Waals surface area contributed by atoms with Gasteiger partial charge in [0.05, 0.1) is 5.69 Å². The molecule has 1 unspecified atom stereocenters. The number of nitrogens with one attached hydrogen (secondary N) is 3. The number of hydrogen-bond acceptors (Lipinski definition) is 3. The Hall–Kier alpha value is -3.69. The average Bonchev–Trinajstić information content (AvgIpc) is 3.27. The Morgan fingerprint density at radius 1 is 1.24 bits per heavy atom. The van der Waals surface area contributed by atoms with Gasteiger partial charge in [-0.05, 0) is 49.1 Å². The molecule has 172 valence electrons. The standard InChI is InChI=1S/C23H20F4N4O2/c1-12-2-3-14(19-10-20(31-30-19)23(25,26)27)8-18(12)29-22(33)17-11-28-21(32)9-16(17)13-4-6-15(24)7-5-13/h2-4,6-8,10-11,13,16H,5,9H2,1H3,(H,28,32)(H,29,33)(H,30,31)/t13?,16-/m0/s1. The fraction of sp³-hybridized carbons (Fsp3) is 0.261. The molecule has 2 amide bonds. The van der Waals surface area contributed by atoms with Gasteiger partial charge in [0.15, 0.2) is 0 Å². The van der Waals surface area contributed by atoms with Gasteiger partial charge in [0.2, 0.25) is 5.91 Å². The first-order valence-corrected chi connectivity index (χ1v) is 10.2. The number of halogens is 4. The number of nitrogens with zero attached hydrogens (tertiary/aromatic N) is 1. The molecule has 0 bridgehead atoms. The molecule has 1 aromatic heterocycles. The molecule has 2 atom stereocenters. The van der Waals surface area contributed by atoms with Crippen LogP contribution >= 0.6 is 0 Å². The molecule has 0 spiro atoms. The summed E-state index contributed by atoms with van der Waals surface area (Å²) in [7, 11) is 0. The first-order valence-electron chi connectivity index (χ1n) is 10.2. The third-order valence-corrected chi connectivity index (χ3v) is 5.72. The van der Waals surface area contributed by atoms with Gasteiger partial charge < -0.3 is 10.6 Å². The van der Waals surface area contributed by atoms with Gasteiger partial charge in [-0.25, -0.2) is 4.39 Å². The Morgan fingerprint density at radius 3 is 2.70 bits per heavy atom. The third kappa shape index (κ3) is 4.89. The lowest BCUT2D eigenvalue weighted by atomic mass is 9.78. The van der Waals surface area contributed by atoms with Crippen LogP contribution in [0.25, 0.3) is 11.3 Å². The van der Waals surface area contributed by atoms with Gasteiger partial charge in [0, 0.05) is 35.4 Å². The first kappa shape index (κ1) is 22.5. The predicted molar refractivity (Wildman–Crippen MR) is 113 cm³/mol. The number of carbonyl (C=O) groups is 2. The molecule has 1 aromatic carbocycles. The maximum atomic E-state index is 13.4. The number of allylic oxidation sites excluding steroid dienone is 4. The summed E-state index contributed by atoms with van der Waals surface area (Å²) in [6, 6.07) is 5.71. The molecule has 0 saturated heterocycles. The fourth-order valence-corrected chi connectivity index (χ4v) is 3.88. The zero-order chi connectivity index (χ0) is 23.8. The number of rotatable bonds is 4. The summed E-state index contributed by atoms with van der Waals surface area (Å²) in [5.74, 6) is -1.71. The molecular formula is C23H20F4N4O2. The Kier molecular flexibility index (Phi) is 5.92. The van der Waals surface area contributed by atoms with E-state index in [1.165, 1.54) is 18.4 Å². The topological polar surface area (TPSA) is 86.9 Å². The van der Waals surface area contributed by atoms with Crippen LogP contribution < -0.4 is 10.6 Å². The van der Waals surface area contributed by atoms with Gasteiger partial charge in [-0.1, -0.05) is 18.2 Å². The Bertz CT molecular complexity index is 1190. The maximum Gasteiger partial charge on any atom is 0.432 e. The van der Waals surface area contributed by atoms with Crippen molar-refractivity contribution >= 4 is 17.5 Å². The number of anilines is 1. The van der Waals surface area contributed by atoms with Crippen molar-refractivity contribution in [3.8, 4) is 11.3 Å². The quantitative estimate of drug-likeness (QED) is 0.574. The molecule has 0 fully saturated rings. The molecule has 2 heterocycles. The number of benzene rings is 1. The minimum Gasteiger partial charge on any atom is -0.332 e. The normalized spacial score (nSPS) is 20.7. The van der Waals surface area contributed by atoms with E-state index >= 15 is 0 Å². The predicted octanol–water partition coefficient (Wildman–Crippen LogP) is 4.79. The van der Waals surface area contributed by atoms with E-state index < -0.39 is 23.7 Å². The lowest BCUT2D eigenvalue weighted by Gasteiger charge is -2.29. The molecule has 1 aliphatic carbocycles. The van der Waals surface area contributed by atoms with E-state index in [1.807, 2.05) is 5.10 Å². The van der Waals surface area contributed by atoms with Crippen LogP contribution in [0.3, 0.4) is 0 Å².